The lowest BCUT2D eigenvalue weighted by Gasteiger charge is -2.03. The van der Waals surface area contributed by atoms with Gasteiger partial charge in [0.15, 0.2) is 0 Å². The number of benzene rings is 1. The number of hydrogen-bond acceptors (Lipinski definition) is 2. The Labute approximate surface area is 117 Å². The van der Waals surface area contributed by atoms with E-state index < -0.39 is 0 Å². The van der Waals surface area contributed by atoms with E-state index in [1.807, 2.05) is 18.2 Å². The Balaban J connectivity index is 2.39. The summed E-state index contributed by atoms with van der Waals surface area (Å²) in [6.45, 7) is 3.65. The Morgan fingerprint density at radius 1 is 1.05 bits per heavy atom. The molecular weight excluding hydrogens is 236 g/mol. The topological polar surface area (TPSA) is 18.5 Å². The summed E-state index contributed by atoms with van der Waals surface area (Å²) < 4.78 is 10.5. The first kappa shape index (κ1) is 15.6. The molecule has 0 fully saturated rings. The summed E-state index contributed by atoms with van der Waals surface area (Å²) in [6.07, 6.45) is 8.53. The zero-order chi connectivity index (χ0) is 13.8. The first-order chi connectivity index (χ1) is 9.38. The van der Waals surface area contributed by atoms with Gasteiger partial charge in [-0.3, -0.25) is 0 Å². The van der Waals surface area contributed by atoms with E-state index in [0.29, 0.717) is 0 Å². The molecule has 0 saturated heterocycles. The predicted octanol–water partition coefficient (Wildman–Crippen LogP) is 3.78. The molecule has 2 nitrogen and oxygen atoms in total. The van der Waals surface area contributed by atoms with Gasteiger partial charge in [0, 0.05) is 12.7 Å². The number of unbranched alkanes of at least 4 members (excludes halogenated alkanes) is 3. The molecule has 0 heterocycles. The van der Waals surface area contributed by atoms with Gasteiger partial charge in [0.2, 0.25) is 0 Å². The lowest BCUT2D eigenvalue weighted by molar-refractivity contribution is 0.202. The van der Waals surface area contributed by atoms with Gasteiger partial charge in [-0.15, -0.1) is 0 Å². The molecule has 2 heteroatoms. The van der Waals surface area contributed by atoms with Crippen LogP contribution in [0.15, 0.2) is 24.3 Å². The number of ether oxygens (including phenoxy) is 2. The Morgan fingerprint density at radius 2 is 1.89 bits per heavy atom. The number of rotatable bonds is 8. The molecule has 0 atom stereocenters. The first-order valence-electron chi connectivity index (χ1n) is 7.08. The molecule has 0 unspecified atom stereocenters. The third kappa shape index (κ3) is 6.88. The molecule has 0 aliphatic carbocycles. The van der Waals surface area contributed by atoms with Gasteiger partial charge in [0.25, 0.3) is 0 Å². The number of hydrogen-bond donors (Lipinski definition) is 0. The van der Waals surface area contributed by atoms with Crippen molar-refractivity contribution in [3.63, 3.8) is 0 Å². The van der Waals surface area contributed by atoms with E-state index in [1.165, 1.54) is 24.8 Å². The highest BCUT2D eigenvalue weighted by molar-refractivity contribution is 5.40. The smallest absolute Gasteiger partial charge is 0.115 e. The van der Waals surface area contributed by atoms with Crippen molar-refractivity contribution < 1.29 is 9.47 Å². The molecule has 0 amide bonds. The minimum Gasteiger partial charge on any atom is -0.446 e. The second-order valence-electron chi connectivity index (χ2n) is 4.54. The summed E-state index contributed by atoms with van der Waals surface area (Å²) in [5, 5.41) is 0. The lowest BCUT2D eigenvalue weighted by Crippen LogP contribution is -1.97. The van der Waals surface area contributed by atoms with Crippen molar-refractivity contribution in [2.45, 2.75) is 39.0 Å². The summed E-state index contributed by atoms with van der Waals surface area (Å²) in [6, 6.07) is 8.14. The molecule has 0 bridgehead atoms. The second-order valence-corrected chi connectivity index (χ2v) is 4.54. The Hall–Kier alpha value is -1.46. The van der Waals surface area contributed by atoms with Gasteiger partial charge < -0.3 is 9.47 Å². The highest BCUT2D eigenvalue weighted by Crippen LogP contribution is 2.08. The molecule has 0 radical (unpaired) electrons. The third-order valence-electron chi connectivity index (χ3n) is 2.95. The predicted molar refractivity (Wildman–Crippen MR) is 79.0 cm³/mol. The van der Waals surface area contributed by atoms with Crippen LogP contribution in [0.5, 0.6) is 0 Å². The van der Waals surface area contributed by atoms with Gasteiger partial charge in [0.1, 0.15) is 12.7 Å². The summed E-state index contributed by atoms with van der Waals surface area (Å²) >= 11 is 0. The van der Waals surface area contributed by atoms with E-state index in [0.717, 1.165) is 31.6 Å². The average Bonchev–Trinajstić information content (AvgIpc) is 2.45. The minimum atomic E-state index is 0.719. The fraction of sp³-hybridized carbons (Fsp3) is 0.529. The Kier molecular flexibility index (Phi) is 8.59. The Bertz CT molecular complexity index is 401. The van der Waals surface area contributed by atoms with Gasteiger partial charge in [-0.25, -0.2) is 0 Å². The van der Waals surface area contributed by atoms with E-state index in [-0.39, 0.29) is 0 Å². The molecule has 0 N–H and O–H groups in total. The number of methoxy groups -OCH3 is 1. The van der Waals surface area contributed by atoms with E-state index in [9.17, 15) is 0 Å². The summed E-state index contributed by atoms with van der Waals surface area (Å²) in [5.74, 6) is 3.09. The normalized spacial score (nSPS) is 9.79. The van der Waals surface area contributed by atoms with Gasteiger partial charge >= 0.3 is 0 Å². The summed E-state index contributed by atoms with van der Waals surface area (Å²) in [4.78, 5) is 0. The van der Waals surface area contributed by atoms with Crippen LogP contribution in [0.3, 0.4) is 0 Å². The van der Waals surface area contributed by atoms with Gasteiger partial charge in [-0.2, -0.15) is 0 Å². The van der Waals surface area contributed by atoms with Gasteiger partial charge in [0.05, 0.1) is 6.61 Å². The van der Waals surface area contributed by atoms with Crippen LogP contribution in [0.25, 0.3) is 0 Å². The lowest BCUT2D eigenvalue weighted by atomic mass is 10.1. The molecule has 0 saturated carbocycles. The SMILES string of the molecule is CCCCCCOC#Cc1ccccc1CCOC. The van der Waals surface area contributed by atoms with Crippen molar-refractivity contribution >= 4 is 0 Å². The Morgan fingerprint density at radius 3 is 2.68 bits per heavy atom. The maximum atomic E-state index is 5.35. The van der Waals surface area contributed by atoms with Gasteiger partial charge in [-0.1, -0.05) is 44.4 Å². The van der Waals surface area contributed by atoms with E-state index in [4.69, 9.17) is 9.47 Å². The second kappa shape index (κ2) is 10.5. The molecule has 1 aromatic rings. The van der Waals surface area contributed by atoms with Crippen LogP contribution in [0, 0.1) is 12.0 Å². The molecule has 0 aliphatic rings. The molecule has 0 aromatic heterocycles. The molecule has 0 aliphatic heterocycles. The van der Waals surface area contributed by atoms with Crippen LogP contribution in [-0.4, -0.2) is 20.3 Å². The van der Waals surface area contributed by atoms with Crippen molar-refractivity contribution in [3.05, 3.63) is 35.4 Å². The third-order valence-corrected chi connectivity index (χ3v) is 2.95. The minimum absolute atomic E-state index is 0.719. The largest absolute Gasteiger partial charge is 0.446 e. The summed E-state index contributed by atoms with van der Waals surface area (Å²) in [5.41, 5.74) is 2.25. The van der Waals surface area contributed by atoms with Crippen LogP contribution >= 0.6 is 0 Å². The highest BCUT2D eigenvalue weighted by atomic mass is 16.5. The van der Waals surface area contributed by atoms with Crippen LogP contribution in [0.2, 0.25) is 0 Å². The zero-order valence-corrected chi connectivity index (χ0v) is 12.1. The fourth-order valence-electron chi connectivity index (χ4n) is 1.82. The molecule has 0 spiro atoms. The quantitative estimate of drug-likeness (QED) is 0.523. The standard InChI is InChI=1S/C17H24O2/c1-3-4-5-8-13-19-15-12-17-10-7-6-9-16(17)11-14-18-2/h6-7,9-10H,3-5,8,11,13-14H2,1-2H3. The van der Waals surface area contributed by atoms with Crippen molar-refractivity contribution in [2.75, 3.05) is 20.3 Å². The maximum absolute atomic E-state index is 5.35. The molecule has 1 aromatic carbocycles. The molecular formula is C17H24O2. The van der Waals surface area contributed by atoms with Gasteiger partial charge in [-0.05, 0) is 30.4 Å². The van der Waals surface area contributed by atoms with Crippen molar-refractivity contribution in [1.29, 1.82) is 0 Å². The monoisotopic (exact) mass is 260 g/mol. The highest BCUT2D eigenvalue weighted by Gasteiger charge is 1.98. The van der Waals surface area contributed by atoms with Crippen LogP contribution in [-0.2, 0) is 15.9 Å². The molecule has 104 valence electrons. The van der Waals surface area contributed by atoms with E-state index >= 15 is 0 Å². The fourth-order valence-corrected chi connectivity index (χ4v) is 1.82. The zero-order valence-electron chi connectivity index (χ0n) is 12.1. The van der Waals surface area contributed by atoms with Crippen molar-refractivity contribution in [2.24, 2.45) is 0 Å². The van der Waals surface area contributed by atoms with Crippen molar-refractivity contribution in [1.82, 2.24) is 0 Å². The maximum Gasteiger partial charge on any atom is 0.115 e. The molecule has 19 heavy (non-hydrogen) atoms. The first-order valence-corrected chi connectivity index (χ1v) is 7.08. The van der Waals surface area contributed by atoms with Crippen LogP contribution < -0.4 is 0 Å². The summed E-state index contributed by atoms with van der Waals surface area (Å²) in [7, 11) is 1.72. The van der Waals surface area contributed by atoms with E-state index in [2.05, 4.69) is 25.0 Å². The molecule has 1 rings (SSSR count). The van der Waals surface area contributed by atoms with E-state index in [1.54, 1.807) is 7.11 Å². The van der Waals surface area contributed by atoms with Crippen molar-refractivity contribution in [3.8, 4) is 12.0 Å². The van der Waals surface area contributed by atoms with Crippen LogP contribution in [0.4, 0.5) is 0 Å². The average molecular weight is 260 g/mol. The van der Waals surface area contributed by atoms with Crippen LogP contribution in [0.1, 0.15) is 43.7 Å².